The van der Waals surface area contributed by atoms with Crippen molar-refractivity contribution >= 4 is 23.8 Å². The van der Waals surface area contributed by atoms with Gasteiger partial charge in [0.1, 0.15) is 6.04 Å². The maximum Gasteiger partial charge on any atom is 0.328 e. The molecule has 37 heavy (non-hydrogen) atoms. The molecule has 0 unspecified atom stereocenters. The van der Waals surface area contributed by atoms with E-state index in [1.807, 2.05) is 35.2 Å². The van der Waals surface area contributed by atoms with E-state index in [-0.39, 0.29) is 24.6 Å². The van der Waals surface area contributed by atoms with E-state index in [9.17, 15) is 24.3 Å². The number of rotatable bonds is 10. The summed E-state index contributed by atoms with van der Waals surface area (Å²) in [6.45, 7) is 3.20. The monoisotopic (exact) mass is 507 g/mol. The predicted octanol–water partition coefficient (Wildman–Crippen LogP) is 1.71. The van der Waals surface area contributed by atoms with E-state index in [1.54, 1.807) is 18.2 Å². The smallest absolute Gasteiger partial charge is 0.328 e. The van der Waals surface area contributed by atoms with Crippen molar-refractivity contribution in [2.45, 2.75) is 38.4 Å². The summed E-state index contributed by atoms with van der Waals surface area (Å²) in [5.74, 6) is -1.25. The Labute approximate surface area is 215 Å². The number of piperidine rings is 1. The average Bonchev–Trinajstić information content (AvgIpc) is 3.24. The van der Waals surface area contributed by atoms with Gasteiger partial charge in [-0.05, 0) is 61.5 Å². The van der Waals surface area contributed by atoms with Crippen molar-refractivity contribution < 1.29 is 24.3 Å². The fraction of sp³-hybridized carbons (Fsp3) is 0.407. The molecule has 0 bridgehead atoms. The molecule has 10 nitrogen and oxygen atoms in total. The summed E-state index contributed by atoms with van der Waals surface area (Å²) in [6, 6.07) is 12.2. The zero-order valence-corrected chi connectivity index (χ0v) is 20.7. The van der Waals surface area contributed by atoms with Crippen LogP contribution in [-0.4, -0.2) is 66.0 Å². The molecule has 0 aromatic heterocycles. The highest BCUT2D eigenvalue weighted by molar-refractivity contribution is 6.02. The maximum atomic E-state index is 12.9. The first-order chi connectivity index (χ1) is 17.9. The van der Waals surface area contributed by atoms with Crippen LogP contribution >= 0.6 is 0 Å². The number of fused-ring (bicyclic) bond motifs is 1. The first-order valence-corrected chi connectivity index (χ1v) is 12.6. The van der Waals surface area contributed by atoms with Crippen molar-refractivity contribution in [3.8, 4) is 0 Å². The number of nitrogens with one attached hydrogen (secondary N) is 4. The van der Waals surface area contributed by atoms with Gasteiger partial charge in [0.2, 0.25) is 0 Å². The lowest BCUT2D eigenvalue weighted by molar-refractivity contribution is -0.139. The highest BCUT2D eigenvalue weighted by Crippen LogP contribution is 2.26. The molecule has 2 heterocycles. The van der Waals surface area contributed by atoms with E-state index in [0.29, 0.717) is 24.6 Å². The molecule has 2 aliphatic rings. The highest BCUT2D eigenvalue weighted by atomic mass is 16.4. The summed E-state index contributed by atoms with van der Waals surface area (Å²) in [5, 5.41) is 20.3. The van der Waals surface area contributed by atoms with Crippen LogP contribution in [0.4, 0.5) is 4.79 Å². The lowest BCUT2D eigenvalue weighted by Gasteiger charge is -2.25. The molecule has 1 fully saturated rings. The molecule has 10 heteroatoms. The van der Waals surface area contributed by atoms with Crippen molar-refractivity contribution in [2.24, 2.45) is 5.92 Å². The Morgan fingerprint density at radius 1 is 1.05 bits per heavy atom. The zero-order valence-electron chi connectivity index (χ0n) is 20.7. The quantitative estimate of drug-likeness (QED) is 0.332. The maximum absolute atomic E-state index is 12.9. The molecule has 1 atom stereocenters. The van der Waals surface area contributed by atoms with Gasteiger partial charge in [-0.3, -0.25) is 9.59 Å². The average molecular weight is 508 g/mol. The van der Waals surface area contributed by atoms with Crippen LogP contribution in [0.15, 0.2) is 48.5 Å². The number of hydrogen-bond acceptors (Lipinski definition) is 5. The lowest BCUT2D eigenvalue weighted by Crippen LogP contribution is -2.51. The molecular weight excluding hydrogens is 474 g/mol. The number of carbonyl (C=O) groups excluding carboxylic acids is 3. The molecule has 2 aliphatic heterocycles. The molecule has 196 valence electrons. The molecule has 1 saturated heterocycles. The molecule has 5 N–H and O–H groups in total. The van der Waals surface area contributed by atoms with Crippen molar-refractivity contribution in [2.75, 3.05) is 26.2 Å². The van der Waals surface area contributed by atoms with E-state index in [1.165, 1.54) is 0 Å². The molecular formula is C27H33N5O5. The molecule has 2 aromatic carbocycles. The molecule has 0 spiro atoms. The number of carbonyl (C=O) groups is 4. The van der Waals surface area contributed by atoms with Crippen LogP contribution in [0.25, 0.3) is 0 Å². The Bertz CT molecular complexity index is 1130. The van der Waals surface area contributed by atoms with Crippen LogP contribution < -0.4 is 21.3 Å². The molecule has 4 rings (SSSR count). The summed E-state index contributed by atoms with van der Waals surface area (Å²) >= 11 is 0. The van der Waals surface area contributed by atoms with Crippen LogP contribution in [0.5, 0.6) is 0 Å². The third kappa shape index (κ3) is 7.07. The number of carboxylic acid groups (broad SMARTS) is 1. The van der Waals surface area contributed by atoms with Gasteiger partial charge in [-0.1, -0.05) is 36.4 Å². The van der Waals surface area contributed by atoms with Crippen LogP contribution in [0, 0.1) is 5.92 Å². The topological polar surface area (TPSA) is 140 Å². The van der Waals surface area contributed by atoms with Crippen molar-refractivity contribution in [1.82, 2.24) is 26.2 Å². The number of amides is 4. The van der Waals surface area contributed by atoms with E-state index in [2.05, 4.69) is 21.3 Å². The standard InChI is InChI=1S/C27H33N5O5/c33-24(29-16-23(26(35)36)31-27(37)30-15-19-4-2-1-3-5-19)20-6-7-21-17-32(25(34)22(21)14-20)13-10-18-8-11-28-12-9-18/h1-7,14,18,23,28H,8-13,15-17H2,(H,29,33)(H,35,36)(H2,30,31,37)/t23-/m0/s1. The van der Waals surface area contributed by atoms with E-state index in [4.69, 9.17) is 0 Å². The van der Waals surface area contributed by atoms with Gasteiger partial charge in [-0.15, -0.1) is 0 Å². The van der Waals surface area contributed by atoms with Crippen molar-refractivity contribution in [1.29, 1.82) is 0 Å². The van der Waals surface area contributed by atoms with Crippen LogP contribution in [0.3, 0.4) is 0 Å². The van der Waals surface area contributed by atoms with E-state index < -0.39 is 23.9 Å². The predicted molar refractivity (Wildman–Crippen MR) is 137 cm³/mol. The number of nitrogens with zero attached hydrogens (tertiary/aromatic N) is 1. The summed E-state index contributed by atoms with van der Waals surface area (Å²) in [7, 11) is 0. The number of benzene rings is 2. The number of urea groups is 1. The van der Waals surface area contributed by atoms with Crippen molar-refractivity contribution in [3.63, 3.8) is 0 Å². The number of carboxylic acids is 1. The number of hydrogen-bond donors (Lipinski definition) is 5. The normalized spacial score (nSPS) is 16.1. The second-order valence-corrected chi connectivity index (χ2v) is 9.49. The third-order valence-corrected chi connectivity index (χ3v) is 6.88. The first kappa shape index (κ1) is 26.2. The van der Waals surface area contributed by atoms with Crippen LogP contribution in [0.1, 0.15) is 51.1 Å². The first-order valence-electron chi connectivity index (χ1n) is 12.6. The fourth-order valence-electron chi connectivity index (χ4n) is 4.68. The van der Waals surface area contributed by atoms with Gasteiger partial charge < -0.3 is 31.3 Å². The lowest BCUT2D eigenvalue weighted by atomic mass is 9.94. The summed E-state index contributed by atoms with van der Waals surface area (Å²) in [4.78, 5) is 51.3. The Morgan fingerprint density at radius 2 is 1.81 bits per heavy atom. The molecule has 0 radical (unpaired) electrons. The second kappa shape index (κ2) is 12.4. The van der Waals surface area contributed by atoms with Crippen molar-refractivity contribution in [3.05, 3.63) is 70.8 Å². The van der Waals surface area contributed by atoms with E-state index in [0.717, 1.165) is 43.5 Å². The Hall–Kier alpha value is -3.92. The molecule has 0 aliphatic carbocycles. The summed E-state index contributed by atoms with van der Waals surface area (Å²) in [6.07, 6.45) is 3.22. The van der Waals surface area contributed by atoms with Gasteiger partial charge in [0.05, 0.1) is 0 Å². The van der Waals surface area contributed by atoms with Crippen LogP contribution in [-0.2, 0) is 17.9 Å². The summed E-state index contributed by atoms with van der Waals surface area (Å²) < 4.78 is 0. The van der Waals surface area contributed by atoms with Gasteiger partial charge in [-0.25, -0.2) is 9.59 Å². The zero-order chi connectivity index (χ0) is 26.2. The number of aliphatic carboxylic acids is 1. The SMILES string of the molecule is O=C(NCc1ccccc1)N[C@@H](CNC(=O)c1ccc2c(c1)C(=O)N(CCC1CCNCC1)C2)C(=O)O. The van der Waals surface area contributed by atoms with Gasteiger partial charge in [0, 0.05) is 37.3 Å². The van der Waals surface area contributed by atoms with Gasteiger partial charge >= 0.3 is 12.0 Å². The van der Waals surface area contributed by atoms with Gasteiger partial charge in [0.15, 0.2) is 0 Å². The highest BCUT2D eigenvalue weighted by Gasteiger charge is 2.29. The summed E-state index contributed by atoms with van der Waals surface area (Å²) in [5.41, 5.74) is 2.52. The third-order valence-electron chi connectivity index (χ3n) is 6.88. The molecule has 0 saturated carbocycles. The molecule has 4 amide bonds. The van der Waals surface area contributed by atoms with E-state index >= 15 is 0 Å². The minimum Gasteiger partial charge on any atom is -0.480 e. The van der Waals surface area contributed by atoms with Crippen LogP contribution in [0.2, 0.25) is 0 Å². The largest absolute Gasteiger partial charge is 0.480 e. The molecule has 2 aromatic rings. The Morgan fingerprint density at radius 3 is 2.54 bits per heavy atom. The Balaban J connectivity index is 1.27. The van der Waals surface area contributed by atoms with Gasteiger partial charge in [0.25, 0.3) is 11.8 Å². The fourth-order valence-corrected chi connectivity index (χ4v) is 4.68. The minimum atomic E-state index is -1.32. The minimum absolute atomic E-state index is 0.0845. The Kier molecular flexibility index (Phi) is 8.73. The second-order valence-electron chi connectivity index (χ2n) is 9.49. The van der Waals surface area contributed by atoms with Gasteiger partial charge in [-0.2, -0.15) is 0 Å².